The van der Waals surface area contributed by atoms with Gasteiger partial charge in [0.2, 0.25) is 5.91 Å². The highest BCUT2D eigenvalue weighted by Crippen LogP contribution is 2.28. The van der Waals surface area contributed by atoms with Crippen LogP contribution >= 0.6 is 0 Å². The van der Waals surface area contributed by atoms with Crippen molar-refractivity contribution in [2.75, 3.05) is 27.2 Å². The summed E-state index contributed by atoms with van der Waals surface area (Å²) in [7, 11) is 3.90. The molecular weight excluding hydrogens is 240 g/mol. The molecule has 0 unspecified atom stereocenters. The smallest absolute Gasteiger partial charge is 0.226 e. The summed E-state index contributed by atoms with van der Waals surface area (Å²) < 4.78 is 0. The van der Waals surface area contributed by atoms with E-state index in [0.717, 1.165) is 6.54 Å². The van der Waals surface area contributed by atoms with Crippen molar-refractivity contribution in [3.63, 3.8) is 0 Å². The van der Waals surface area contributed by atoms with Crippen LogP contribution in [-0.4, -0.2) is 43.8 Å². The Kier molecular flexibility index (Phi) is 6.43. The van der Waals surface area contributed by atoms with E-state index in [0.29, 0.717) is 6.54 Å². The number of amides is 1. The number of allylic oxidation sites excluding steroid dienone is 1. The minimum Gasteiger partial charge on any atom is -0.354 e. The lowest BCUT2D eigenvalue weighted by atomic mass is 9.77. The Morgan fingerprint density at radius 3 is 2.16 bits per heavy atom. The molecule has 0 aromatic heterocycles. The number of nitrogens with one attached hydrogen (secondary N) is 1. The lowest BCUT2D eigenvalue weighted by Crippen LogP contribution is -2.42. The second-order valence-electron chi connectivity index (χ2n) is 6.47. The second kappa shape index (κ2) is 6.85. The summed E-state index contributed by atoms with van der Waals surface area (Å²) in [6.07, 6.45) is 1.86. The molecule has 110 valence electrons. The minimum absolute atomic E-state index is 0.0373. The van der Waals surface area contributed by atoms with Gasteiger partial charge in [0.15, 0.2) is 0 Å². The SMILES string of the molecule is C=CC(C)(C)C(=O)CC(C)(C)C(=O)NCCN(C)C. The molecule has 0 saturated heterocycles. The minimum atomic E-state index is -0.691. The van der Waals surface area contributed by atoms with E-state index in [1.807, 2.05) is 32.8 Å². The summed E-state index contributed by atoms with van der Waals surface area (Å²) in [5.74, 6) is -0.0437. The van der Waals surface area contributed by atoms with Crippen molar-refractivity contribution in [1.29, 1.82) is 0 Å². The van der Waals surface area contributed by atoms with Crippen LogP contribution in [0.2, 0.25) is 0 Å². The molecule has 4 nitrogen and oxygen atoms in total. The molecule has 0 aliphatic carbocycles. The number of rotatable bonds is 8. The summed E-state index contributed by atoms with van der Waals surface area (Å²) in [6.45, 7) is 12.3. The maximum Gasteiger partial charge on any atom is 0.226 e. The quantitative estimate of drug-likeness (QED) is 0.684. The van der Waals surface area contributed by atoms with Crippen LogP contribution in [0, 0.1) is 10.8 Å². The van der Waals surface area contributed by atoms with E-state index in [1.165, 1.54) is 0 Å². The molecule has 0 aliphatic heterocycles. The van der Waals surface area contributed by atoms with Crippen molar-refractivity contribution in [2.45, 2.75) is 34.1 Å². The van der Waals surface area contributed by atoms with Gasteiger partial charge in [-0.05, 0) is 27.9 Å². The fourth-order valence-electron chi connectivity index (χ4n) is 1.46. The van der Waals surface area contributed by atoms with Gasteiger partial charge in [-0.15, -0.1) is 6.58 Å². The van der Waals surface area contributed by atoms with E-state index in [-0.39, 0.29) is 18.1 Å². The van der Waals surface area contributed by atoms with Gasteiger partial charge in [0.05, 0.1) is 5.41 Å². The van der Waals surface area contributed by atoms with Crippen molar-refractivity contribution in [3.8, 4) is 0 Å². The van der Waals surface area contributed by atoms with Crippen molar-refractivity contribution >= 4 is 11.7 Å². The Balaban J connectivity index is 4.49. The molecule has 0 aliphatic rings. The average Bonchev–Trinajstić information content (AvgIpc) is 2.27. The fourth-order valence-corrected chi connectivity index (χ4v) is 1.46. The molecule has 0 atom stereocenters. The molecule has 0 aromatic carbocycles. The van der Waals surface area contributed by atoms with Crippen molar-refractivity contribution in [1.82, 2.24) is 10.2 Å². The van der Waals surface area contributed by atoms with E-state index >= 15 is 0 Å². The molecule has 0 bridgehead atoms. The molecule has 0 radical (unpaired) electrons. The number of hydrogen-bond donors (Lipinski definition) is 1. The molecule has 0 rings (SSSR count). The first kappa shape index (κ1) is 17.8. The van der Waals surface area contributed by atoms with Gasteiger partial charge in [-0.25, -0.2) is 0 Å². The highest BCUT2D eigenvalue weighted by Gasteiger charge is 2.34. The van der Waals surface area contributed by atoms with Crippen molar-refractivity contribution in [3.05, 3.63) is 12.7 Å². The van der Waals surface area contributed by atoms with E-state index in [9.17, 15) is 9.59 Å². The number of ketones is 1. The highest BCUT2D eigenvalue weighted by atomic mass is 16.2. The Labute approximate surface area is 117 Å². The Morgan fingerprint density at radius 2 is 1.74 bits per heavy atom. The first-order valence-electron chi connectivity index (χ1n) is 6.63. The Morgan fingerprint density at radius 1 is 1.21 bits per heavy atom. The topological polar surface area (TPSA) is 49.4 Å². The summed E-state index contributed by atoms with van der Waals surface area (Å²) in [5.41, 5.74) is -1.27. The van der Waals surface area contributed by atoms with Crippen LogP contribution in [0.15, 0.2) is 12.7 Å². The lowest BCUT2D eigenvalue weighted by Gasteiger charge is -2.27. The Hall–Kier alpha value is -1.16. The van der Waals surface area contributed by atoms with Gasteiger partial charge in [-0.2, -0.15) is 0 Å². The lowest BCUT2D eigenvalue weighted by molar-refractivity contribution is -0.136. The fraction of sp³-hybridized carbons (Fsp3) is 0.733. The largest absolute Gasteiger partial charge is 0.354 e. The molecule has 1 N–H and O–H groups in total. The van der Waals surface area contributed by atoms with Crippen LogP contribution in [0.1, 0.15) is 34.1 Å². The maximum absolute atomic E-state index is 12.1. The zero-order valence-electron chi connectivity index (χ0n) is 13.2. The van der Waals surface area contributed by atoms with Gasteiger partial charge in [-0.3, -0.25) is 9.59 Å². The number of hydrogen-bond acceptors (Lipinski definition) is 3. The van der Waals surface area contributed by atoms with Gasteiger partial charge in [0, 0.05) is 24.9 Å². The second-order valence-corrected chi connectivity index (χ2v) is 6.47. The van der Waals surface area contributed by atoms with Crippen LogP contribution in [0.3, 0.4) is 0 Å². The normalized spacial score (nSPS) is 12.4. The summed E-state index contributed by atoms with van der Waals surface area (Å²) in [4.78, 5) is 26.2. The molecule has 4 heteroatoms. The van der Waals surface area contributed by atoms with Crippen LogP contribution in [0.4, 0.5) is 0 Å². The zero-order valence-corrected chi connectivity index (χ0v) is 13.2. The molecular formula is C15H28N2O2. The maximum atomic E-state index is 12.1. The predicted molar refractivity (Wildman–Crippen MR) is 78.9 cm³/mol. The average molecular weight is 268 g/mol. The first-order valence-corrected chi connectivity index (χ1v) is 6.63. The third-order valence-electron chi connectivity index (χ3n) is 3.29. The van der Waals surface area contributed by atoms with Crippen molar-refractivity contribution < 1.29 is 9.59 Å². The van der Waals surface area contributed by atoms with Crippen LogP contribution in [0.5, 0.6) is 0 Å². The summed E-state index contributed by atoms with van der Waals surface area (Å²) in [6, 6.07) is 0. The summed E-state index contributed by atoms with van der Waals surface area (Å²) >= 11 is 0. The highest BCUT2D eigenvalue weighted by molar-refractivity contribution is 5.92. The van der Waals surface area contributed by atoms with E-state index in [1.54, 1.807) is 19.9 Å². The molecule has 0 fully saturated rings. The number of Topliss-reactive ketones (excluding diaryl/α,β-unsaturated/α-hetero) is 1. The molecule has 0 heterocycles. The molecule has 19 heavy (non-hydrogen) atoms. The van der Waals surface area contributed by atoms with E-state index in [2.05, 4.69) is 11.9 Å². The molecule has 0 spiro atoms. The Bertz CT molecular complexity index is 344. The number of likely N-dealkylation sites (N-methyl/N-ethyl adjacent to an activating group) is 1. The van der Waals surface area contributed by atoms with Crippen LogP contribution < -0.4 is 5.32 Å². The van der Waals surface area contributed by atoms with Crippen molar-refractivity contribution in [2.24, 2.45) is 10.8 Å². The number of carbonyl (C=O) groups excluding carboxylic acids is 2. The van der Waals surface area contributed by atoms with E-state index in [4.69, 9.17) is 0 Å². The number of nitrogens with zero attached hydrogens (tertiary/aromatic N) is 1. The first-order chi connectivity index (χ1) is 8.53. The van der Waals surface area contributed by atoms with E-state index < -0.39 is 10.8 Å². The zero-order chi connectivity index (χ0) is 15.3. The van der Waals surface area contributed by atoms with Crippen LogP contribution in [0.25, 0.3) is 0 Å². The molecule has 0 saturated carbocycles. The van der Waals surface area contributed by atoms with Gasteiger partial charge in [-0.1, -0.05) is 19.9 Å². The third kappa shape index (κ3) is 6.01. The summed E-state index contributed by atoms with van der Waals surface area (Å²) in [5, 5.41) is 2.87. The monoisotopic (exact) mass is 268 g/mol. The molecule has 1 amide bonds. The van der Waals surface area contributed by atoms with Gasteiger partial charge in [0.1, 0.15) is 5.78 Å². The molecule has 0 aromatic rings. The van der Waals surface area contributed by atoms with Crippen LogP contribution in [-0.2, 0) is 9.59 Å². The van der Waals surface area contributed by atoms with Gasteiger partial charge >= 0.3 is 0 Å². The number of carbonyl (C=O) groups is 2. The predicted octanol–water partition coefficient (Wildman–Crippen LogP) is 1.86. The van der Waals surface area contributed by atoms with Gasteiger partial charge in [0.25, 0.3) is 0 Å². The van der Waals surface area contributed by atoms with Gasteiger partial charge < -0.3 is 10.2 Å². The third-order valence-corrected chi connectivity index (χ3v) is 3.29. The standard InChI is InChI=1S/C15H28N2O2/c1-8-14(2,3)12(18)11-15(4,5)13(19)16-9-10-17(6)7/h8H,1,9-11H2,2-7H3,(H,16,19).